The molecular formula is C11H15ClN4O. The summed E-state index contributed by atoms with van der Waals surface area (Å²) in [5.74, 6) is 0. The Morgan fingerprint density at radius 3 is 2.65 bits per heavy atom. The molecule has 0 aliphatic carbocycles. The summed E-state index contributed by atoms with van der Waals surface area (Å²) in [6.45, 7) is 1.85. The van der Waals surface area contributed by atoms with E-state index in [1.807, 2.05) is 21.0 Å². The second-order valence-electron chi connectivity index (χ2n) is 4.12. The standard InChI is InChI=1S/C11H15ClN4O/c1-7-11(12)8(16(3)14-7)4-10(17)9-5-13-6-15(9)2/h5-6,10,17H,4H2,1-3H3. The fourth-order valence-electron chi connectivity index (χ4n) is 1.88. The molecule has 0 bridgehead atoms. The van der Waals surface area contributed by atoms with Crippen LogP contribution in [0.3, 0.4) is 0 Å². The average molecular weight is 255 g/mol. The first-order valence-corrected chi connectivity index (χ1v) is 5.70. The van der Waals surface area contributed by atoms with Crippen LogP contribution in [0.4, 0.5) is 0 Å². The Morgan fingerprint density at radius 2 is 2.18 bits per heavy atom. The van der Waals surface area contributed by atoms with Crippen molar-refractivity contribution in [1.29, 1.82) is 0 Å². The highest BCUT2D eigenvalue weighted by molar-refractivity contribution is 6.31. The van der Waals surface area contributed by atoms with Gasteiger partial charge in [0.15, 0.2) is 0 Å². The molecule has 6 heteroatoms. The van der Waals surface area contributed by atoms with Gasteiger partial charge in [-0.15, -0.1) is 0 Å². The zero-order valence-electron chi connectivity index (χ0n) is 10.1. The van der Waals surface area contributed by atoms with Crippen LogP contribution in [-0.4, -0.2) is 24.4 Å². The van der Waals surface area contributed by atoms with Crippen LogP contribution in [0.5, 0.6) is 0 Å². The Bertz CT molecular complexity index is 532. The number of hydrogen-bond acceptors (Lipinski definition) is 3. The van der Waals surface area contributed by atoms with E-state index in [9.17, 15) is 5.11 Å². The summed E-state index contributed by atoms with van der Waals surface area (Å²) in [4.78, 5) is 3.98. The van der Waals surface area contributed by atoms with Gasteiger partial charge in [0.2, 0.25) is 0 Å². The van der Waals surface area contributed by atoms with Crippen LogP contribution >= 0.6 is 11.6 Å². The molecule has 0 spiro atoms. The third-order valence-corrected chi connectivity index (χ3v) is 3.34. The summed E-state index contributed by atoms with van der Waals surface area (Å²) in [6.07, 6.45) is 3.11. The van der Waals surface area contributed by atoms with E-state index in [1.54, 1.807) is 21.8 Å². The quantitative estimate of drug-likeness (QED) is 0.901. The monoisotopic (exact) mass is 254 g/mol. The fourth-order valence-corrected chi connectivity index (χ4v) is 2.12. The second kappa shape index (κ2) is 4.50. The van der Waals surface area contributed by atoms with Crippen molar-refractivity contribution in [2.45, 2.75) is 19.4 Å². The van der Waals surface area contributed by atoms with Gasteiger partial charge in [0.25, 0.3) is 0 Å². The zero-order chi connectivity index (χ0) is 12.6. The molecule has 92 valence electrons. The molecule has 2 aromatic heterocycles. The predicted molar refractivity (Wildman–Crippen MR) is 64.8 cm³/mol. The molecule has 0 aliphatic heterocycles. The van der Waals surface area contributed by atoms with Gasteiger partial charge in [-0.25, -0.2) is 4.98 Å². The first-order chi connectivity index (χ1) is 8.00. The number of aliphatic hydroxyl groups is 1. The van der Waals surface area contributed by atoms with Gasteiger partial charge in [-0.1, -0.05) is 11.6 Å². The molecule has 0 aromatic carbocycles. The van der Waals surface area contributed by atoms with Gasteiger partial charge in [0.1, 0.15) is 6.10 Å². The van der Waals surface area contributed by atoms with Gasteiger partial charge in [-0.05, 0) is 6.92 Å². The number of aromatic nitrogens is 4. The van der Waals surface area contributed by atoms with E-state index in [4.69, 9.17) is 11.6 Å². The highest BCUT2D eigenvalue weighted by Gasteiger charge is 2.18. The van der Waals surface area contributed by atoms with Crippen molar-refractivity contribution >= 4 is 11.6 Å². The smallest absolute Gasteiger partial charge is 0.101 e. The molecule has 1 atom stereocenters. The largest absolute Gasteiger partial charge is 0.386 e. The van der Waals surface area contributed by atoms with Gasteiger partial charge in [-0.3, -0.25) is 4.68 Å². The van der Waals surface area contributed by atoms with Crippen molar-refractivity contribution in [2.24, 2.45) is 14.1 Å². The highest BCUT2D eigenvalue weighted by atomic mass is 35.5. The maximum absolute atomic E-state index is 10.1. The number of nitrogens with zero attached hydrogens (tertiary/aromatic N) is 4. The molecule has 17 heavy (non-hydrogen) atoms. The zero-order valence-corrected chi connectivity index (χ0v) is 10.8. The van der Waals surface area contributed by atoms with Crippen LogP contribution < -0.4 is 0 Å². The van der Waals surface area contributed by atoms with Gasteiger partial charge >= 0.3 is 0 Å². The lowest BCUT2D eigenvalue weighted by Gasteiger charge is -2.11. The van der Waals surface area contributed by atoms with Gasteiger partial charge in [0, 0.05) is 20.5 Å². The molecule has 1 N–H and O–H groups in total. The topological polar surface area (TPSA) is 55.9 Å². The summed E-state index contributed by atoms with van der Waals surface area (Å²) in [5.41, 5.74) is 2.37. The average Bonchev–Trinajstić information content (AvgIpc) is 2.78. The van der Waals surface area contributed by atoms with Crippen LogP contribution in [0.25, 0.3) is 0 Å². The van der Waals surface area contributed by atoms with Crippen molar-refractivity contribution < 1.29 is 5.11 Å². The number of aliphatic hydroxyl groups excluding tert-OH is 1. The number of imidazole rings is 1. The number of hydrogen-bond donors (Lipinski definition) is 1. The molecule has 2 rings (SSSR count). The van der Waals surface area contributed by atoms with Gasteiger partial charge in [-0.2, -0.15) is 5.10 Å². The first kappa shape index (κ1) is 12.1. The Kier molecular flexibility index (Phi) is 3.22. The lowest BCUT2D eigenvalue weighted by molar-refractivity contribution is 0.167. The van der Waals surface area contributed by atoms with Crippen molar-refractivity contribution in [3.05, 3.63) is 34.6 Å². The normalized spacial score (nSPS) is 13.0. The first-order valence-electron chi connectivity index (χ1n) is 5.33. The van der Waals surface area contributed by atoms with E-state index in [-0.39, 0.29) is 0 Å². The molecule has 0 saturated carbocycles. The minimum Gasteiger partial charge on any atom is -0.386 e. The third kappa shape index (κ3) is 2.21. The number of rotatable bonds is 3. The molecule has 2 aromatic rings. The van der Waals surface area contributed by atoms with Crippen LogP contribution in [0.15, 0.2) is 12.5 Å². The maximum Gasteiger partial charge on any atom is 0.101 e. The van der Waals surface area contributed by atoms with Crippen molar-refractivity contribution in [2.75, 3.05) is 0 Å². The molecule has 2 heterocycles. The Labute approximate surface area is 105 Å². The summed E-state index contributed by atoms with van der Waals surface area (Å²) in [7, 11) is 3.67. The summed E-state index contributed by atoms with van der Waals surface area (Å²) >= 11 is 6.14. The van der Waals surface area contributed by atoms with E-state index in [1.165, 1.54) is 0 Å². The van der Waals surface area contributed by atoms with Crippen LogP contribution in [-0.2, 0) is 20.5 Å². The van der Waals surface area contributed by atoms with E-state index in [2.05, 4.69) is 10.1 Å². The maximum atomic E-state index is 10.1. The summed E-state index contributed by atoms with van der Waals surface area (Å²) < 4.78 is 3.50. The fraction of sp³-hybridized carbons (Fsp3) is 0.455. The number of halogens is 1. The van der Waals surface area contributed by atoms with Crippen molar-refractivity contribution in [3.63, 3.8) is 0 Å². The Balaban J connectivity index is 2.24. The molecule has 0 amide bonds. The lowest BCUT2D eigenvalue weighted by atomic mass is 10.1. The minimum absolute atomic E-state index is 0.426. The van der Waals surface area contributed by atoms with Crippen LogP contribution in [0.1, 0.15) is 23.2 Å². The Hall–Kier alpha value is -1.33. The van der Waals surface area contributed by atoms with Crippen LogP contribution in [0.2, 0.25) is 5.02 Å². The number of aryl methyl sites for hydroxylation is 3. The molecule has 0 saturated heterocycles. The molecule has 0 fully saturated rings. The molecule has 1 unspecified atom stereocenters. The SMILES string of the molecule is Cc1nn(C)c(CC(O)c2cncn2C)c1Cl. The minimum atomic E-state index is -0.630. The molecule has 5 nitrogen and oxygen atoms in total. The summed E-state index contributed by atoms with van der Waals surface area (Å²) in [5, 5.41) is 15.0. The van der Waals surface area contributed by atoms with Gasteiger partial charge in [0.05, 0.1) is 34.6 Å². The lowest BCUT2D eigenvalue weighted by Crippen LogP contribution is -2.09. The van der Waals surface area contributed by atoms with E-state index < -0.39 is 6.10 Å². The molecule has 0 aliphatic rings. The predicted octanol–water partition coefficient (Wildman–Crippen LogP) is 1.39. The van der Waals surface area contributed by atoms with Gasteiger partial charge < -0.3 is 9.67 Å². The van der Waals surface area contributed by atoms with Crippen LogP contribution in [0, 0.1) is 6.92 Å². The van der Waals surface area contributed by atoms with E-state index in [0.717, 1.165) is 17.1 Å². The second-order valence-corrected chi connectivity index (χ2v) is 4.50. The highest BCUT2D eigenvalue weighted by Crippen LogP contribution is 2.25. The van der Waals surface area contributed by atoms with Crippen molar-refractivity contribution in [1.82, 2.24) is 19.3 Å². The molecular weight excluding hydrogens is 240 g/mol. The molecule has 0 radical (unpaired) electrons. The Morgan fingerprint density at radius 1 is 1.47 bits per heavy atom. The van der Waals surface area contributed by atoms with Crippen molar-refractivity contribution in [3.8, 4) is 0 Å². The van der Waals surface area contributed by atoms with E-state index in [0.29, 0.717) is 11.4 Å². The summed E-state index contributed by atoms with van der Waals surface area (Å²) in [6, 6.07) is 0. The van der Waals surface area contributed by atoms with E-state index >= 15 is 0 Å². The third-order valence-electron chi connectivity index (χ3n) is 2.84.